The topological polar surface area (TPSA) is 56.8 Å². The number of ether oxygens (including phenoxy) is 3. The van der Waals surface area contributed by atoms with Gasteiger partial charge in [-0.2, -0.15) is 0 Å². The molecule has 0 fully saturated rings. The van der Waals surface area contributed by atoms with E-state index in [2.05, 4.69) is 39.1 Å². The molecular formula is C25H35NO4. The van der Waals surface area contributed by atoms with E-state index >= 15 is 0 Å². The lowest BCUT2D eigenvalue weighted by atomic mass is 9.98. The molecule has 0 bridgehead atoms. The van der Waals surface area contributed by atoms with Crippen LogP contribution in [0.1, 0.15) is 57.6 Å². The average Bonchev–Trinajstić information content (AvgIpc) is 2.76. The summed E-state index contributed by atoms with van der Waals surface area (Å²) >= 11 is 0. The third kappa shape index (κ3) is 7.29. The van der Waals surface area contributed by atoms with Crippen LogP contribution in [0, 0.1) is 5.92 Å². The third-order valence-corrected chi connectivity index (χ3v) is 5.09. The van der Waals surface area contributed by atoms with Gasteiger partial charge in [0.2, 0.25) is 0 Å². The van der Waals surface area contributed by atoms with E-state index in [4.69, 9.17) is 14.2 Å². The van der Waals surface area contributed by atoms with Gasteiger partial charge in [-0.25, -0.2) is 0 Å². The number of para-hydroxylation sites is 1. The van der Waals surface area contributed by atoms with Crippen molar-refractivity contribution in [2.75, 3.05) is 20.3 Å². The second kappa shape index (κ2) is 12.1. The van der Waals surface area contributed by atoms with Crippen molar-refractivity contribution in [3.05, 3.63) is 53.6 Å². The first-order chi connectivity index (χ1) is 14.4. The fourth-order valence-corrected chi connectivity index (χ4v) is 2.98. The Labute approximate surface area is 180 Å². The molecule has 2 aromatic carbocycles. The Bertz CT molecular complexity index is 803. The molecule has 0 heterocycles. The number of carbonyl (C=O) groups is 1. The summed E-state index contributed by atoms with van der Waals surface area (Å²) in [6, 6.07) is 13.6. The second-order valence-electron chi connectivity index (χ2n) is 7.93. The molecule has 0 aliphatic rings. The lowest BCUT2D eigenvalue weighted by Gasteiger charge is -2.16. The van der Waals surface area contributed by atoms with E-state index in [0.717, 1.165) is 35.5 Å². The van der Waals surface area contributed by atoms with Crippen molar-refractivity contribution >= 4 is 5.91 Å². The minimum absolute atomic E-state index is 0.0129. The summed E-state index contributed by atoms with van der Waals surface area (Å²) in [4.78, 5) is 12.3. The number of amides is 1. The number of rotatable bonds is 12. The van der Waals surface area contributed by atoms with E-state index < -0.39 is 0 Å². The second-order valence-corrected chi connectivity index (χ2v) is 7.93. The summed E-state index contributed by atoms with van der Waals surface area (Å²) in [6.07, 6.45) is 2.01. The molecule has 1 atom stereocenters. The molecule has 2 rings (SSSR count). The zero-order valence-electron chi connectivity index (χ0n) is 18.9. The molecule has 2 aromatic rings. The zero-order valence-corrected chi connectivity index (χ0v) is 18.9. The van der Waals surface area contributed by atoms with Crippen molar-refractivity contribution in [2.24, 2.45) is 5.92 Å². The monoisotopic (exact) mass is 413 g/mol. The van der Waals surface area contributed by atoms with Crippen LogP contribution in [0.25, 0.3) is 0 Å². The Hall–Kier alpha value is -2.69. The van der Waals surface area contributed by atoms with Gasteiger partial charge in [-0.1, -0.05) is 52.0 Å². The lowest BCUT2D eigenvalue weighted by molar-refractivity contribution is -0.123. The molecule has 30 heavy (non-hydrogen) atoms. The number of hydrogen-bond donors (Lipinski definition) is 1. The molecule has 0 aromatic heterocycles. The van der Waals surface area contributed by atoms with Crippen LogP contribution in [0.15, 0.2) is 42.5 Å². The molecule has 5 heteroatoms. The predicted octanol–water partition coefficient (Wildman–Crippen LogP) is 5.33. The largest absolute Gasteiger partial charge is 0.493 e. The van der Waals surface area contributed by atoms with Gasteiger partial charge >= 0.3 is 0 Å². The van der Waals surface area contributed by atoms with Gasteiger partial charge in [-0.15, -0.1) is 0 Å². The molecule has 0 aliphatic heterocycles. The number of methoxy groups -OCH3 is 1. The van der Waals surface area contributed by atoms with Crippen LogP contribution in [-0.2, 0) is 11.3 Å². The molecule has 0 saturated heterocycles. The van der Waals surface area contributed by atoms with Gasteiger partial charge in [-0.05, 0) is 54.0 Å². The van der Waals surface area contributed by atoms with E-state index in [-0.39, 0.29) is 12.5 Å². The van der Waals surface area contributed by atoms with Crippen molar-refractivity contribution in [1.82, 2.24) is 5.32 Å². The minimum atomic E-state index is -0.162. The van der Waals surface area contributed by atoms with E-state index in [1.165, 1.54) is 0 Å². The quantitative estimate of drug-likeness (QED) is 0.511. The summed E-state index contributed by atoms with van der Waals surface area (Å²) in [6.45, 7) is 9.67. The Morgan fingerprint density at radius 1 is 1.00 bits per heavy atom. The Balaban J connectivity index is 1.87. The van der Waals surface area contributed by atoms with E-state index in [1.54, 1.807) is 7.11 Å². The molecule has 0 spiro atoms. The first-order valence-electron chi connectivity index (χ1n) is 10.7. The highest BCUT2D eigenvalue weighted by molar-refractivity contribution is 5.77. The Kier molecular flexibility index (Phi) is 9.52. The van der Waals surface area contributed by atoms with Gasteiger partial charge in [-0.3, -0.25) is 4.79 Å². The maximum absolute atomic E-state index is 12.3. The van der Waals surface area contributed by atoms with Crippen molar-refractivity contribution in [3.8, 4) is 17.2 Å². The first kappa shape index (κ1) is 23.6. The smallest absolute Gasteiger partial charge is 0.258 e. The molecule has 0 aliphatic carbocycles. The fraction of sp³-hybridized carbons (Fsp3) is 0.480. The number of carbonyl (C=O) groups excluding carboxylic acids is 1. The van der Waals surface area contributed by atoms with Gasteiger partial charge < -0.3 is 19.5 Å². The van der Waals surface area contributed by atoms with Crippen LogP contribution >= 0.6 is 0 Å². The zero-order chi connectivity index (χ0) is 21.9. The fourth-order valence-electron chi connectivity index (χ4n) is 2.98. The van der Waals surface area contributed by atoms with Gasteiger partial charge in [0.15, 0.2) is 18.1 Å². The molecule has 164 valence electrons. The SMILES string of the molecule is CCC(C)c1ccccc1OCC(=O)NCc1ccc(OCCC(C)C)c(OC)c1. The van der Waals surface area contributed by atoms with Crippen molar-refractivity contribution < 1.29 is 19.0 Å². The molecular weight excluding hydrogens is 378 g/mol. The summed E-state index contributed by atoms with van der Waals surface area (Å²) in [5, 5.41) is 2.90. The van der Waals surface area contributed by atoms with Crippen LogP contribution in [0.2, 0.25) is 0 Å². The average molecular weight is 414 g/mol. The predicted molar refractivity (Wildman–Crippen MR) is 120 cm³/mol. The number of nitrogens with one attached hydrogen (secondary N) is 1. The van der Waals surface area contributed by atoms with Gasteiger partial charge in [0.25, 0.3) is 5.91 Å². The summed E-state index contributed by atoms with van der Waals surface area (Å²) in [7, 11) is 1.62. The molecule has 0 radical (unpaired) electrons. The molecule has 0 saturated carbocycles. The third-order valence-electron chi connectivity index (χ3n) is 5.09. The van der Waals surface area contributed by atoms with Crippen LogP contribution in [0.5, 0.6) is 17.2 Å². The number of benzene rings is 2. The lowest BCUT2D eigenvalue weighted by Crippen LogP contribution is -2.28. The highest BCUT2D eigenvalue weighted by Crippen LogP contribution is 2.29. The van der Waals surface area contributed by atoms with Crippen LogP contribution in [0.3, 0.4) is 0 Å². The van der Waals surface area contributed by atoms with Crippen molar-refractivity contribution in [1.29, 1.82) is 0 Å². The Morgan fingerprint density at radius 2 is 1.77 bits per heavy atom. The van der Waals surface area contributed by atoms with Gasteiger partial charge in [0, 0.05) is 6.54 Å². The summed E-state index contributed by atoms with van der Waals surface area (Å²) in [5.41, 5.74) is 2.07. The van der Waals surface area contributed by atoms with Crippen LogP contribution in [-0.4, -0.2) is 26.2 Å². The minimum Gasteiger partial charge on any atom is -0.493 e. The first-order valence-corrected chi connectivity index (χ1v) is 10.7. The van der Waals surface area contributed by atoms with E-state index in [1.807, 2.05) is 36.4 Å². The molecule has 1 amide bonds. The molecule has 1 N–H and O–H groups in total. The standard InChI is InChI=1S/C25H35NO4/c1-6-19(4)21-9-7-8-10-22(21)30-17-25(27)26-16-20-11-12-23(24(15-20)28-5)29-14-13-18(2)3/h7-12,15,18-19H,6,13-14,16-17H2,1-5H3,(H,26,27). The van der Waals surface area contributed by atoms with Crippen molar-refractivity contribution in [3.63, 3.8) is 0 Å². The van der Waals surface area contributed by atoms with Crippen molar-refractivity contribution in [2.45, 2.75) is 53.0 Å². The molecule has 5 nitrogen and oxygen atoms in total. The van der Waals surface area contributed by atoms with Gasteiger partial charge in [0.1, 0.15) is 5.75 Å². The van der Waals surface area contributed by atoms with Crippen LogP contribution in [0.4, 0.5) is 0 Å². The maximum atomic E-state index is 12.3. The summed E-state index contributed by atoms with van der Waals surface area (Å²) in [5.74, 6) is 2.97. The Morgan fingerprint density at radius 3 is 2.47 bits per heavy atom. The van der Waals surface area contributed by atoms with E-state index in [9.17, 15) is 4.79 Å². The van der Waals surface area contributed by atoms with Gasteiger partial charge in [0.05, 0.1) is 13.7 Å². The highest BCUT2D eigenvalue weighted by atomic mass is 16.5. The maximum Gasteiger partial charge on any atom is 0.258 e. The highest BCUT2D eigenvalue weighted by Gasteiger charge is 2.12. The van der Waals surface area contributed by atoms with E-state index in [0.29, 0.717) is 30.7 Å². The molecule has 1 unspecified atom stereocenters. The normalized spacial score (nSPS) is 11.8. The van der Waals surface area contributed by atoms with Crippen LogP contribution < -0.4 is 19.5 Å². The number of hydrogen-bond acceptors (Lipinski definition) is 4. The summed E-state index contributed by atoms with van der Waals surface area (Å²) < 4.78 is 17.0.